The highest BCUT2D eigenvalue weighted by Crippen LogP contribution is 2.40. The number of nitrogens with zero attached hydrogens (tertiary/aromatic N) is 2. The van der Waals surface area contributed by atoms with Gasteiger partial charge in [0.15, 0.2) is 0 Å². The molecule has 6 nitrogen and oxygen atoms in total. The van der Waals surface area contributed by atoms with Crippen LogP contribution in [0.1, 0.15) is 25.7 Å². The molecule has 0 bridgehead atoms. The number of carbonyl (C=O) groups excluding carboxylic acids is 2. The summed E-state index contributed by atoms with van der Waals surface area (Å²) in [6.07, 6.45) is 3.61. The minimum Gasteiger partial charge on any atom is -0.274 e. The molecule has 0 spiro atoms. The standard InChI is InChI=1S/C20H18N2O4/c23-19-17-3-1-2-4-18(17)20(24)21(19)15-9-5-13(6-10-15)14-7-11-16(12-8-14)22(25)26/h5-12,17-18H,1-4H2/t17-,18+. The summed E-state index contributed by atoms with van der Waals surface area (Å²) < 4.78 is 0. The fourth-order valence-corrected chi connectivity index (χ4v) is 4.00. The molecule has 0 unspecified atom stereocenters. The number of nitro benzene ring substituents is 1. The molecule has 1 aliphatic heterocycles. The van der Waals surface area contributed by atoms with Gasteiger partial charge in [0.25, 0.3) is 5.69 Å². The Labute approximate surface area is 150 Å². The molecular weight excluding hydrogens is 332 g/mol. The zero-order valence-corrected chi connectivity index (χ0v) is 14.1. The first-order chi connectivity index (χ1) is 12.6. The van der Waals surface area contributed by atoms with Crippen molar-refractivity contribution in [2.45, 2.75) is 25.7 Å². The van der Waals surface area contributed by atoms with Crippen LogP contribution in [0.5, 0.6) is 0 Å². The van der Waals surface area contributed by atoms with Crippen LogP contribution in [0.3, 0.4) is 0 Å². The molecule has 1 saturated carbocycles. The maximum atomic E-state index is 12.6. The van der Waals surface area contributed by atoms with E-state index in [1.165, 1.54) is 17.0 Å². The molecule has 2 aliphatic rings. The van der Waals surface area contributed by atoms with Crippen molar-refractivity contribution >= 4 is 23.2 Å². The quantitative estimate of drug-likeness (QED) is 0.477. The predicted octanol–water partition coefficient (Wildman–Crippen LogP) is 3.94. The molecule has 132 valence electrons. The monoisotopic (exact) mass is 350 g/mol. The first-order valence-corrected chi connectivity index (χ1v) is 8.79. The lowest BCUT2D eigenvalue weighted by atomic mass is 9.81. The SMILES string of the molecule is O=C1[C@H]2CCCC[C@H]2C(=O)N1c1ccc(-c2ccc([N+](=O)[O-])cc2)cc1. The van der Waals surface area contributed by atoms with Crippen molar-refractivity contribution in [2.75, 3.05) is 4.90 Å². The highest BCUT2D eigenvalue weighted by molar-refractivity contribution is 6.22. The van der Waals surface area contributed by atoms with E-state index >= 15 is 0 Å². The molecule has 26 heavy (non-hydrogen) atoms. The molecule has 1 aliphatic carbocycles. The van der Waals surface area contributed by atoms with Gasteiger partial charge in [-0.15, -0.1) is 0 Å². The summed E-state index contributed by atoms with van der Waals surface area (Å²) in [5.74, 6) is -0.484. The topological polar surface area (TPSA) is 80.5 Å². The molecule has 2 fully saturated rings. The van der Waals surface area contributed by atoms with Crippen LogP contribution in [0, 0.1) is 22.0 Å². The number of benzene rings is 2. The Bertz CT molecular complexity index is 850. The molecule has 2 atom stereocenters. The van der Waals surface area contributed by atoms with Crippen molar-refractivity contribution in [1.29, 1.82) is 0 Å². The number of rotatable bonds is 3. The number of hydrogen-bond donors (Lipinski definition) is 0. The number of hydrogen-bond acceptors (Lipinski definition) is 4. The highest BCUT2D eigenvalue weighted by atomic mass is 16.6. The van der Waals surface area contributed by atoms with E-state index in [9.17, 15) is 19.7 Å². The first-order valence-electron chi connectivity index (χ1n) is 8.79. The number of imide groups is 1. The zero-order valence-electron chi connectivity index (χ0n) is 14.1. The lowest BCUT2D eigenvalue weighted by Gasteiger charge is -2.19. The maximum Gasteiger partial charge on any atom is 0.269 e. The van der Waals surface area contributed by atoms with Crippen molar-refractivity contribution < 1.29 is 14.5 Å². The summed E-state index contributed by atoms with van der Waals surface area (Å²) in [5.41, 5.74) is 2.36. The van der Waals surface area contributed by atoms with Crippen molar-refractivity contribution in [3.05, 3.63) is 58.6 Å². The molecular formula is C20H18N2O4. The molecule has 2 aromatic rings. The highest BCUT2D eigenvalue weighted by Gasteiger charge is 2.48. The van der Waals surface area contributed by atoms with Crippen LogP contribution in [0.25, 0.3) is 11.1 Å². The lowest BCUT2D eigenvalue weighted by molar-refractivity contribution is -0.384. The normalized spacial score (nSPS) is 22.4. The Hall–Kier alpha value is -3.02. The number of non-ortho nitro benzene ring substituents is 1. The lowest BCUT2D eigenvalue weighted by Crippen LogP contribution is -2.30. The van der Waals surface area contributed by atoms with E-state index in [2.05, 4.69) is 0 Å². The van der Waals surface area contributed by atoms with Crippen LogP contribution < -0.4 is 4.90 Å². The molecule has 2 aromatic carbocycles. The van der Waals surface area contributed by atoms with Gasteiger partial charge in [0, 0.05) is 12.1 Å². The van der Waals surface area contributed by atoms with Crippen molar-refractivity contribution in [3.8, 4) is 11.1 Å². The van der Waals surface area contributed by atoms with Crippen LogP contribution in [0.2, 0.25) is 0 Å². The average Bonchev–Trinajstić information content (AvgIpc) is 2.93. The number of amides is 2. The van der Waals surface area contributed by atoms with Gasteiger partial charge in [-0.2, -0.15) is 0 Å². The third-order valence-electron chi connectivity index (χ3n) is 5.38. The minimum atomic E-state index is -0.434. The van der Waals surface area contributed by atoms with Gasteiger partial charge in [0.05, 0.1) is 22.4 Å². The Morgan fingerprint density at radius 3 is 1.73 bits per heavy atom. The Balaban J connectivity index is 1.59. The van der Waals surface area contributed by atoms with Crippen LogP contribution >= 0.6 is 0 Å². The van der Waals surface area contributed by atoms with Gasteiger partial charge in [0.1, 0.15) is 0 Å². The van der Waals surface area contributed by atoms with Crippen LogP contribution in [0.15, 0.2) is 48.5 Å². The zero-order chi connectivity index (χ0) is 18.3. The number of nitro groups is 1. The van der Waals surface area contributed by atoms with E-state index in [-0.39, 0.29) is 29.3 Å². The van der Waals surface area contributed by atoms with Gasteiger partial charge in [-0.05, 0) is 48.2 Å². The van der Waals surface area contributed by atoms with Gasteiger partial charge in [-0.25, -0.2) is 0 Å². The second-order valence-corrected chi connectivity index (χ2v) is 6.86. The van der Waals surface area contributed by atoms with Gasteiger partial charge in [-0.1, -0.05) is 25.0 Å². The largest absolute Gasteiger partial charge is 0.274 e. The summed E-state index contributed by atoms with van der Waals surface area (Å²) in [4.78, 5) is 36.9. The molecule has 0 aromatic heterocycles. The summed E-state index contributed by atoms with van der Waals surface area (Å²) in [6.45, 7) is 0. The van der Waals surface area contributed by atoms with Crippen molar-refractivity contribution in [3.63, 3.8) is 0 Å². The van der Waals surface area contributed by atoms with Gasteiger partial charge < -0.3 is 0 Å². The second kappa shape index (κ2) is 6.37. The van der Waals surface area contributed by atoms with E-state index in [4.69, 9.17) is 0 Å². The third-order valence-corrected chi connectivity index (χ3v) is 5.38. The summed E-state index contributed by atoms with van der Waals surface area (Å²) >= 11 is 0. The van der Waals surface area contributed by atoms with Crippen LogP contribution in [-0.2, 0) is 9.59 Å². The Morgan fingerprint density at radius 2 is 1.27 bits per heavy atom. The molecule has 0 N–H and O–H groups in total. The molecule has 2 amide bonds. The fraction of sp³-hybridized carbons (Fsp3) is 0.300. The molecule has 4 rings (SSSR count). The Kier molecular flexibility index (Phi) is 4.03. The molecule has 6 heteroatoms. The van der Waals surface area contributed by atoms with Crippen molar-refractivity contribution in [2.24, 2.45) is 11.8 Å². The average molecular weight is 350 g/mol. The number of fused-ring (bicyclic) bond motifs is 1. The Morgan fingerprint density at radius 1 is 0.808 bits per heavy atom. The van der Waals surface area contributed by atoms with Gasteiger partial charge in [0.2, 0.25) is 11.8 Å². The van der Waals surface area contributed by atoms with E-state index < -0.39 is 4.92 Å². The minimum absolute atomic E-state index is 0.0428. The summed E-state index contributed by atoms with van der Waals surface area (Å²) in [7, 11) is 0. The maximum absolute atomic E-state index is 12.6. The predicted molar refractivity (Wildman–Crippen MR) is 96.5 cm³/mol. The molecule has 1 heterocycles. The van der Waals surface area contributed by atoms with Gasteiger partial charge in [-0.3, -0.25) is 24.6 Å². The molecule has 0 radical (unpaired) electrons. The van der Waals surface area contributed by atoms with E-state index in [1.54, 1.807) is 24.3 Å². The fourth-order valence-electron chi connectivity index (χ4n) is 4.00. The third kappa shape index (κ3) is 2.67. The van der Waals surface area contributed by atoms with Crippen LogP contribution in [-0.4, -0.2) is 16.7 Å². The van der Waals surface area contributed by atoms with E-state index in [1.807, 2.05) is 12.1 Å². The van der Waals surface area contributed by atoms with Crippen LogP contribution in [0.4, 0.5) is 11.4 Å². The summed E-state index contributed by atoms with van der Waals surface area (Å²) in [6, 6.07) is 13.5. The van der Waals surface area contributed by atoms with Gasteiger partial charge >= 0.3 is 0 Å². The number of anilines is 1. The van der Waals surface area contributed by atoms with E-state index in [0.29, 0.717) is 5.69 Å². The second-order valence-electron chi connectivity index (χ2n) is 6.86. The smallest absolute Gasteiger partial charge is 0.269 e. The molecule has 1 saturated heterocycles. The number of carbonyl (C=O) groups is 2. The van der Waals surface area contributed by atoms with Crippen molar-refractivity contribution in [1.82, 2.24) is 0 Å². The first kappa shape index (κ1) is 16.4. The summed E-state index contributed by atoms with van der Waals surface area (Å²) in [5, 5.41) is 10.7. The van der Waals surface area contributed by atoms with E-state index in [0.717, 1.165) is 36.8 Å².